The summed E-state index contributed by atoms with van der Waals surface area (Å²) in [6.45, 7) is 0. The molecule has 1 saturated carbocycles. The summed E-state index contributed by atoms with van der Waals surface area (Å²) in [5.41, 5.74) is -0.158. The second-order valence-corrected chi connectivity index (χ2v) is 3.32. The van der Waals surface area contributed by atoms with Gasteiger partial charge in [-0.05, 0) is 19.3 Å². The number of ether oxygens (including phenoxy) is 1. The predicted molar refractivity (Wildman–Crippen MR) is 47.7 cm³/mol. The quantitative estimate of drug-likeness (QED) is 0.673. The van der Waals surface area contributed by atoms with Crippen molar-refractivity contribution in [2.24, 2.45) is 7.05 Å². The number of hydrogen-bond acceptors (Lipinski definition) is 3. The Morgan fingerprint density at radius 2 is 2.38 bits per heavy atom. The number of aryl methyl sites for hydroxylation is 1. The van der Waals surface area contributed by atoms with Crippen molar-refractivity contribution in [1.82, 2.24) is 9.55 Å². The highest BCUT2D eigenvalue weighted by Crippen LogP contribution is 2.21. The van der Waals surface area contributed by atoms with Crippen LogP contribution in [-0.4, -0.2) is 15.7 Å². The Morgan fingerprint density at radius 1 is 1.62 bits per heavy atom. The first-order chi connectivity index (χ1) is 6.27. The van der Waals surface area contributed by atoms with E-state index in [1.54, 1.807) is 19.4 Å². The Hall–Kier alpha value is -1.32. The fraction of sp³-hybridized carbons (Fsp3) is 0.556. The number of hydrogen-bond donors (Lipinski definition) is 0. The Labute approximate surface area is 76.2 Å². The van der Waals surface area contributed by atoms with Gasteiger partial charge in [-0.25, -0.2) is 4.98 Å². The molecule has 0 radical (unpaired) electrons. The summed E-state index contributed by atoms with van der Waals surface area (Å²) in [6.07, 6.45) is 6.69. The average molecular weight is 180 g/mol. The van der Waals surface area contributed by atoms with Crippen LogP contribution in [0.1, 0.15) is 19.3 Å². The van der Waals surface area contributed by atoms with Crippen molar-refractivity contribution in [2.45, 2.75) is 25.4 Å². The summed E-state index contributed by atoms with van der Waals surface area (Å²) < 4.78 is 6.89. The van der Waals surface area contributed by atoms with Crippen LogP contribution in [0.3, 0.4) is 0 Å². The highest BCUT2D eigenvalue weighted by atomic mass is 16.5. The molecule has 2 rings (SSSR count). The summed E-state index contributed by atoms with van der Waals surface area (Å²) >= 11 is 0. The lowest BCUT2D eigenvalue weighted by atomic mass is 9.96. The van der Waals surface area contributed by atoms with Gasteiger partial charge in [0.25, 0.3) is 5.88 Å². The van der Waals surface area contributed by atoms with Crippen LogP contribution in [0.15, 0.2) is 17.2 Å². The normalized spacial score (nSPS) is 16.7. The van der Waals surface area contributed by atoms with E-state index >= 15 is 0 Å². The van der Waals surface area contributed by atoms with Crippen molar-refractivity contribution >= 4 is 0 Å². The summed E-state index contributed by atoms with van der Waals surface area (Å²) in [4.78, 5) is 15.3. The van der Waals surface area contributed by atoms with Crippen molar-refractivity contribution in [3.63, 3.8) is 0 Å². The Kier molecular flexibility index (Phi) is 2.04. The third-order valence-corrected chi connectivity index (χ3v) is 2.32. The van der Waals surface area contributed by atoms with Crippen LogP contribution in [0.4, 0.5) is 0 Å². The van der Waals surface area contributed by atoms with Gasteiger partial charge in [-0.15, -0.1) is 0 Å². The molecule has 1 aliphatic rings. The van der Waals surface area contributed by atoms with Gasteiger partial charge < -0.3 is 9.30 Å². The molecule has 0 saturated heterocycles. The summed E-state index contributed by atoms with van der Waals surface area (Å²) in [5, 5.41) is 0. The number of rotatable bonds is 2. The highest BCUT2D eigenvalue weighted by Gasteiger charge is 2.20. The third-order valence-electron chi connectivity index (χ3n) is 2.32. The second-order valence-electron chi connectivity index (χ2n) is 3.32. The topological polar surface area (TPSA) is 44.1 Å². The molecular formula is C9H12N2O2. The van der Waals surface area contributed by atoms with Crippen LogP contribution in [0.25, 0.3) is 0 Å². The van der Waals surface area contributed by atoms with E-state index in [0.29, 0.717) is 0 Å². The number of aromatic nitrogens is 2. The van der Waals surface area contributed by atoms with E-state index in [2.05, 4.69) is 4.98 Å². The van der Waals surface area contributed by atoms with E-state index in [9.17, 15) is 4.79 Å². The zero-order chi connectivity index (χ0) is 9.26. The van der Waals surface area contributed by atoms with Crippen LogP contribution in [-0.2, 0) is 7.05 Å². The van der Waals surface area contributed by atoms with E-state index in [1.807, 2.05) is 0 Å². The van der Waals surface area contributed by atoms with Crippen LogP contribution in [0.5, 0.6) is 5.88 Å². The minimum absolute atomic E-state index is 0.158. The Morgan fingerprint density at radius 3 is 3.00 bits per heavy atom. The van der Waals surface area contributed by atoms with E-state index in [0.717, 1.165) is 12.8 Å². The Balaban J connectivity index is 2.19. The SMILES string of the molecule is Cn1ccnc(OC2CCC2)c1=O. The van der Waals surface area contributed by atoms with Gasteiger partial charge in [0.2, 0.25) is 0 Å². The van der Waals surface area contributed by atoms with Crippen LogP contribution in [0.2, 0.25) is 0 Å². The smallest absolute Gasteiger partial charge is 0.313 e. The molecule has 0 bridgehead atoms. The van der Waals surface area contributed by atoms with Gasteiger partial charge in [-0.1, -0.05) is 0 Å². The van der Waals surface area contributed by atoms with Crippen molar-refractivity contribution in [3.8, 4) is 5.88 Å². The molecule has 0 amide bonds. The first kappa shape index (κ1) is 8.29. The molecule has 0 unspecified atom stereocenters. The first-order valence-corrected chi connectivity index (χ1v) is 4.45. The maximum Gasteiger partial charge on any atom is 0.313 e. The summed E-state index contributed by atoms with van der Waals surface area (Å²) in [6, 6.07) is 0. The Bertz CT molecular complexity index is 355. The van der Waals surface area contributed by atoms with E-state index < -0.39 is 0 Å². The molecule has 1 aromatic heterocycles. The van der Waals surface area contributed by atoms with E-state index in [-0.39, 0.29) is 17.5 Å². The predicted octanol–water partition coefficient (Wildman–Crippen LogP) is 0.712. The molecule has 13 heavy (non-hydrogen) atoms. The van der Waals surface area contributed by atoms with Gasteiger partial charge in [0.05, 0.1) is 0 Å². The van der Waals surface area contributed by atoms with Gasteiger partial charge in [-0.2, -0.15) is 0 Å². The summed E-state index contributed by atoms with van der Waals surface area (Å²) in [7, 11) is 1.69. The lowest BCUT2D eigenvalue weighted by Gasteiger charge is -2.25. The third kappa shape index (κ3) is 1.56. The minimum Gasteiger partial charge on any atom is -0.470 e. The maximum absolute atomic E-state index is 11.4. The molecular weight excluding hydrogens is 168 g/mol. The van der Waals surface area contributed by atoms with Crippen molar-refractivity contribution in [1.29, 1.82) is 0 Å². The average Bonchev–Trinajstić information content (AvgIpc) is 2.04. The zero-order valence-corrected chi connectivity index (χ0v) is 7.56. The monoisotopic (exact) mass is 180 g/mol. The largest absolute Gasteiger partial charge is 0.470 e. The number of nitrogens with zero attached hydrogens (tertiary/aromatic N) is 2. The molecule has 0 atom stereocenters. The van der Waals surface area contributed by atoms with Gasteiger partial charge in [0.1, 0.15) is 6.10 Å². The first-order valence-electron chi connectivity index (χ1n) is 4.45. The minimum atomic E-state index is -0.158. The standard InChI is InChI=1S/C9H12N2O2/c1-11-6-5-10-8(9(11)12)13-7-3-2-4-7/h5-7H,2-4H2,1H3. The lowest BCUT2D eigenvalue weighted by Crippen LogP contribution is -2.29. The van der Waals surface area contributed by atoms with Gasteiger partial charge in [0, 0.05) is 19.4 Å². The molecule has 0 aliphatic heterocycles. The van der Waals surface area contributed by atoms with Gasteiger partial charge in [-0.3, -0.25) is 4.79 Å². The fourth-order valence-electron chi connectivity index (χ4n) is 1.20. The molecule has 4 nitrogen and oxygen atoms in total. The highest BCUT2D eigenvalue weighted by molar-refractivity contribution is 5.05. The van der Waals surface area contributed by atoms with Crippen molar-refractivity contribution < 1.29 is 4.74 Å². The van der Waals surface area contributed by atoms with Crippen LogP contribution < -0.4 is 10.3 Å². The molecule has 1 aromatic rings. The van der Waals surface area contributed by atoms with Gasteiger partial charge in [0.15, 0.2) is 0 Å². The molecule has 0 aromatic carbocycles. The van der Waals surface area contributed by atoms with Crippen LogP contribution >= 0.6 is 0 Å². The molecule has 1 fully saturated rings. The molecule has 70 valence electrons. The lowest BCUT2D eigenvalue weighted by molar-refractivity contribution is 0.112. The molecule has 0 spiro atoms. The van der Waals surface area contributed by atoms with Crippen molar-refractivity contribution in [2.75, 3.05) is 0 Å². The van der Waals surface area contributed by atoms with E-state index in [1.165, 1.54) is 11.0 Å². The molecule has 1 aliphatic carbocycles. The maximum atomic E-state index is 11.4. The second kappa shape index (κ2) is 3.20. The molecule has 0 N–H and O–H groups in total. The van der Waals surface area contributed by atoms with Crippen LogP contribution in [0, 0.1) is 0 Å². The summed E-state index contributed by atoms with van der Waals surface area (Å²) in [5.74, 6) is 0.231. The zero-order valence-electron chi connectivity index (χ0n) is 7.56. The fourth-order valence-corrected chi connectivity index (χ4v) is 1.20. The molecule has 1 heterocycles. The van der Waals surface area contributed by atoms with Crippen molar-refractivity contribution in [3.05, 3.63) is 22.7 Å². The van der Waals surface area contributed by atoms with Gasteiger partial charge >= 0.3 is 5.56 Å². The molecule has 4 heteroatoms. The van der Waals surface area contributed by atoms with E-state index in [4.69, 9.17) is 4.74 Å².